The number of pyridine rings is 1. The van der Waals surface area contributed by atoms with Crippen molar-refractivity contribution in [2.45, 2.75) is 38.8 Å². The van der Waals surface area contributed by atoms with Crippen LogP contribution < -0.4 is 10.6 Å². The molecule has 1 saturated heterocycles. The fraction of sp³-hybridized carbons (Fsp3) is 0.333. The Kier molecular flexibility index (Phi) is 6.07. The van der Waals surface area contributed by atoms with Crippen LogP contribution in [0.25, 0.3) is 22.6 Å². The zero-order valence-corrected chi connectivity index (χ0v) is 18.0. The molecule has 32 heavy (non-hydrogen) atoms. The molecule has 0 unspecified atom stereocenters. The summed E-state index contributed by atoms with van der Waals surface area (Å²) in [5.41, 5.74) is 8.30. The Balaban J connectivity index is 1.90. The van der Waals surface area contributed by atoms with Gasteiger partial charge in [0.05, 0.1) is 24.2 Å². The number of hydrogen-bond acceptors (Lipinski definition) is 7. The molecule has 0 amide bonds. The zero-order valence-electron chi connectivity index (χ0n) is 18.0. The quantitative estimate of drug-likeness (QED) is 0.598. The number of piperidine rings is 1. The standard InChI is InChI=1S/C24H25N7O/c1-16-6-4-5-9-30(16)24-18(12-17-7-2-3-8-21(17)28-24)13-19(14-25)22-20(15-26)23(27)31(29-22)10-11-32/h2-3,7-8,12-13,16,32H,4-6,9-11,27H2,1H3/b19-13+/t16-/m1/s1. The van der Waals surface area contributed by atoms with Crippen LogP contribution in [0.1, 0.15) is 43.0 Å². The maximum Gasteiger partial charge on any atom is 0.140 e. The Morgan fingerprint density at radius 1 is 1.31 bits per heavy atom. The monoisotopic (exact) mass is 427 g/mol. The largest absolute Gasteiger partial charge is 0.394 e. The molecule has 3 heterocycles. The lowest BCUT2D eigenvalue weighted by Crippen LogP contribution is -2.38. The first-order valence-corrected chi connectivity index (χ1v) is 10.7. The highest BCUT2D eigenvalue weighted by Gasteiger charge is 2.24. The highest BCUT2D eigenvalue weighted by atomic mass is 16.3. The molecule has 1 aromatic carbocycles. The van der Waals surface area contributed by atoms with Gasteiger partial charge in [-0.2, -0.15) is 15.6 Å². The van der Waals surface area contributed by atoms with Gasteiger partial charge in [0.25, 0.3) is 0 Å². The van der Waals surface area contributed by atoms with Crippen LogP contribution >= 0.6 is 0 Å². The molecule has 1 aliphatic heterocycles. The van der Waals surface area contributed by atoms with Crippen molar-refractivity contribution in [2.75, 3.05) is 23.8 Å². The number of nitrogen functional groups attached to an aromatic ring is 1. The normalized spacial score (nSPS) is 16.7. The van der Waals surface area contributed by atoms with Gasteiger partial charge in [-0.05, 0) is 44.4 Å². The molecule has 1 atom stereocenters. The molecule has 1 fully saturated rings. The van der Waals surface area contributed by atoms with Crippen molar-refractivity contribution < 1.29 is 5.11 Å². The number of para-hydroxylation sites is 1. The van der Waals surface area contributed by atoms with Gasteiger partial charge in [0.15, 0.2) is 0 Å². The maximum absolute atomic E-state index is 9.96. The van der Waals surface area contributed by atoms with E-state index in [9.17, 15) is 15.6 Å². The summed E-state index contributed by atoms with van der Waals surface area (Å²) in [5.74, 6) is 0.962. The molecular weight excluding hydrogens is 402 g/mol. The van der Waals surface area contributed by atoms with Crippen molar-refractivity contribution in [3.8, 4) is 12.1 Å². The molecule has 1 aliphatic rings. The predicted molar refractivity (Wildman–Crippen MR) is 124 cm³/mol. The highest BCUT2D eigenvalue weighted by Crippen LogP contribution is 2.32. The fourth-order valence-electron chi connectivity index (χ4n) is 4.22. The van der Waals surface area contributed by atoms with Crippen molar-refractivity contribution >= 4 is 34.2 Å². The lowest BCUT2D eigenvalue weighted by molar-refractivity contribution is 0.270. The summed E-state index contributed by atoms with van der Waals surface area (Å²) < 4.78 is 1.35. The average molecular weight is 428 g/mol. The van der Waals surface area contributed by atoms with Crippen LogP contribution in [0.15, 0.2) is 30.3 Å². The fourth-order valence-corrected chi connectivity index (χ4v) is 4.22. The van der Waals surface area contributed by atoms with E-state index in [1.165, 1.54) is 11.1 Å². The molecule has 8 nitrogen and oxygen atoms in total. The van der Waals surface area contributed by atoms with Crippen LogP contribution in [0.4, 0.5) is 11.6 Å². The summed E-state index contributed by atoms with van der Waals surface area (Å²) in [6.45, 7) is 3.07. The van der Waals surface area contributed by atoms with Gasteiger partial charge in [-0.25, -0.2) is 9.67 Å². The number of aliphatic hydroxyl groups is 1. The number of allylic oxidation sites excluding steroid dienone is 1. The van der Waals surface area contributed by atoms with Gasteiger partial charge in [-0.3, -0.25) is 0 Å². The number of rotatable bonds is 5. The first kappa shape index (κ1) is 21.4. The molecule has 4 rings (SSSR count). The summed E-state index contributed by atoms with van der Waals surface area (Å²) in [6, 6.07) is 14.5. The highest BCUT2D eigenvalue weighted by molar-refractivity contribution is 5.95. The second-order valence-electron chi connectivity index (χ2n) is 7.97. The Hall–Kier alpha value is -3.88. The summed E-state index contributed by atoms with van der Waals surface area (Å²) in [7, 11) is 0. The summed E-state index contributed by atoms with van der Waals surface area (Å²) in [5, 5.41) is 34.1. The maximum atomic E-state index is 9.96. The van der Waals surface area contributed by atoms with E-state index in [1.807, 2.05) is 36.4 Å². The lowest BCUT2D eigenvalue weighted by atomic mass is 10.0. The van der Waals surface area contributed by atoms with Crippen molar-refractivity contribution in [1.29, 1.82) is 10.5 Å². The van der Waals surface area contributed by atoms with Crippen molar-refractivity contribution in [3.05, 3.63) is 47.2 Å². The number of anilines is 2. The van der Waals surface area contributed by atoms with Crippen LogP contribution in [0.5, 0.6) is 0 Å². The number of fused-ring (bicyclic) bond motifs is 1. The Bertz CT molecular complexity index is 1260. The van der Waals surface area contributed by atoms with Gasteiger partial charge in [0, 0.05) is 23.5 Å². The number of hydrogen-bond donors (Lipinski definition) is 2. The Labute approximate surface area is 186 Å². The van der Waals surface area contributed by atoms with Crippen LogP contribution in [0.3, 0.4) is 0 Å². The minimum Gasteiger partial charge on any atom is -0.394 e. The molecule has 3 aromatic rings. The van der Waals surface area contributed by atoms with E-state index < -0.39 is 0 Å². The molecule has 162 valence electrons. The van der Waals surface area contributed by atoms with Gasteiger partial charge >= 0.3 is 0 Å². The first-order chi connectivity index (χ1) is 15.6. The van der Waals surface area contributed by atoms with Crippen molar-refractivity contribution in [3.63, 3.8) is 0 Å². The van der Waals surface area contributed by atoms with Gasteiger partial charge in [0.1, 0.15) is 35.0 Å². The van der Waals surface area contributed by atoms with Crippen LogP contribution in [-0.4, -0.2) is 39.1 Å². The van der Waals surface area contributed by atoms with E-state index >= 15 is 0 Å². The summed E-state index contributed by atoms with van der Waals surface area (Å²) in [4.78, 5) is 7.24. The van der Waals surface area contributed by atoms with E-state index in [0.29, 0.717) is 6.04 Å². The first-order valence-electron chi connectivity index (χ1n) is 10.7. The van der Waals surface area contributed by atoms with Crippen LogP contribution in [0.2, 0.25) is 0 Å². The SMILES string of the molecule is C[C@@H]1CCCCN1c1nc2ccccc2cc1/C=C(\C#N)c1nn(CCO)c(N)c1C#N. The van der Waals surface area contributed by atoms with E-state index in [0.717, 1.165) is 41.7 Å². The topological polar surface area (TPSA) is 128 Å². The van der Waals surface area contributed by atoms with E-state index in [2.05, 4.69) is 23.0 Å². The van der Waals surface area contributed by atoms with E-state index in [1.54, 1.807) is 6.08 Å². The number of aromatic nitrogens is 3. The molecule has 2 aromatic heterocycles. The van der Waals surface area contributed by atoms with E-state index in [-0.39, 0.29) is 35.8 Å². The summed E-state index contributed by atoms with van der Waals surface area (Å²) >= 11 is 0. The average Bonchev–Trinajstić information content (AvgIpc) is 3.12. The minimum atomic E-state index is -0.173. The number of nitrogens with two attached hydrogens (primary N) is 1. The van der Waals surface area contributed by atoms with Crippen molar-refractivity contribution in [1.82, 2.24) is 14.8 Å². The van der Waals surface area contributed by atoms with Gasteiger partial charge in [0.2, 0.25) is 0 Å². The number of nitriles is 2. The molecule has 0 bridgehead atoms. The summed E-state index contributed by atoms with van der Waals surface area (Å²) in [6.07, 6.45) is 5.10. The molecule has 0 radical (unpaired) electrons. The second-order valence-corrected chi connectivity index (χ2v) is 7.97. The smallest absolute Gasteiger partial charge is 0.140 e. The predicted octanol–water partition coefficient (Wildman–Crippen LogP) is 3.32. The molecular formula is C24H25N7O. The third-order valence-corrected chi connectivity index (χ3v) is 5.90. The third-order valence-electron chi connectivity index (χ3n) is 5.90. The second kappa shape index (κ2) is 9.09. The van der Waals surface area contributed by atoms with Crippen LogP contribution in [-0.2, 0) is 6.54 Å². The van der Waals surface area contributed by atoms with Gasteiger partial charge in [-0.15, -0.1) is 0 Å². The molecule has 0 aliphatic carbocycles. The van der Waals surface area contributed by atoms with Crippen LogP contribution in [0, 0.1) is 22.7 Å². The molecule has 3 N–H and O–H groups in total. The Morgan fingerprint density at radius 2 is 2.12 bits per heavy atom. The van der Waals surface area contributed by atoms with Crippen molar-refractivity contribution in [2.24, 2.45) is 0 Å². The number of benzene rings is 1. The zero-order chi connectivity index (χ0) is 22.7. The molecule has 8 heteroatoms. The van der Waals surface area contributed by atoms with Gasteiger partial charge < -0.3 is 15.7 Å². The van der Waals surface area contributed by atoms with Gasteiger partial charge in [-0.1, -0.05) is 18.2 Å². The minimum absolute atomic E-state index is 0.132. The number of aliphatic hydroxyl groups excluding tert-OH is 1. The van der Waals surface area contributed by atoms with E-state index in [4.69, 9.17) is 10.7 Å². The third kappa shape index (κ3) is 3.89. The molecule has 0 saturated carbocycles. The number of nitrogens with zero attached hydrogens (tertiary/aromatic N) is 6. The molecule has 0 spiro atoms. The Morgan fingerprint density at radius 3 is 2.84 bits per heavy atom. The lowest BCUT2D eigenvalue weighted by Gasteiger charge is -2.35.